The van der Waals surface area contributed by atoms with Crippen LogP contribution in [-0.4, -0.2) is 19.2 Å². The Labute approximate surface area is 132 Å². The third kappa shape index (κ3) is 3.77. The number of ether oxygens (including phenoxy) is 2. The molecule has 0 saturated heterocycles. The standard InChI is InChI=1S/C18H24N2O2/c1-5-17(14-8-10-19-11-9-14)20-13(2)16-12-15(21-3)6-7-18(16)22-4/h6-13,17,20H,5H2,1-4H3. The van der Waals surface area contributed by atoms with Crippen LogP contribution in [0.4, 0.5) is 0 Å². The van der Waals surface area contributed by atoms with E-state index in [1.807, 2.05) is 30.6 Å². The second kappa shape index (κ2) is 7.80. The first-order valence-electron chi connectivity index (χ1n) is 7.57. The Morgan fingerprint density at radius 3 is 2.41 bits per heavy atom. The molecule has 1 aromatic carbocycles. The van der Waals surface area contributed by atoms with Gasteiger partial charge in [-0.15, -0.1) is 0 Å². The van der Waals surface area contributed by atoms with Crippen LogP contribution >= 0.6 is 0 Å². The van der Waals surface area contributed by atoms with Gasteiger partial charge in [-0.05, 0) is 49.2 Å². The second-order valence-electron chi connectivity index (χ2n) is 5.24. The lowest BCUT2D eigenvalue weighted by atomic mass is 10.0. The van der Waals surface area contributed by atoms with Crippen molar-refractivity contribution in [3.8, 4) is 11.5 Å². The van der Waals surface area contributed by atoms with Crippen LogP contribution in [0.2, 0.25) is 0 Å². The molecule has 2 rings (SSSR count). The van der Waals surface area contributed by atoms with Crippen molar-refractivity contribution in [3.63, 3.8) is 0 Å². The maximum absolute atomic E-state index is 5.48. The number of aromatic nitrogens is 1. The Kier molecular flexibility index (Phi) is 5.78. The Balaban J connectivity index is 2.22. The predicted octanol–water partition coefficient (Wildman–Crippen LogP) is 3.90. The van der Waals surface area contributed by atoms with Gasteiger partial charge >= 0.3 is 0 Å². The summed E-state index contributed by atoms with van der Waals surface area (Å²) < 4.78 is 10.8. The van der Waals surface area contributed by atoms with Gasteiger partial charge in [-0.3, -0.25) is 4.98 Å². The van der Waals surface area contributed by atoms with E-state index in [1.165, 1.54) is 5.56 Å². The molecule has 0 radical (unpaired) electrons. The molecule has 2 atom stereocenters. The molecule has 22 heavy (non-hydrogen) atoms. The van der Waals surface area contributed by atoms with Crippen LogP contribution in [0, 0.1) is 0 Å². The van der Waals surface area contributed by atoms with E-state index in [1.54, 1.807) is 14.2 Å². The lowest BCUT2D eigenvalue weighted by molar-refractivity contribution is 0.383. The molecule has 0 aliphatic heterocycles. The average Bonchev–Trinajstić information content (AvgIpc) is 2.59. The maximum atomic E-state index is 5.48. The van der Waals surface area contributed by atoms with Crippen molar-refractivity contribution in [3.05, 3.63) is 53.9 Å². The molecule has 0 aliphatic rings. The van der Waals surface area contributed by atoms with Gasteiger partial charge in [0.15, 0.2) is 0 Å². The average molecular weight is 300 g/mol. The molecular formula is C18H24N2O2. The van der Waals surface area contributed by atoms with E-state index in [-0.39, 0.29) is 12.1 Å². The van der Waals surface area contributed by atoms with Crippen molar-refractivity contribution in [2.24, 2.45) is 0 Å². The zero-order valence-electron chi connectivity index (χ0n) is 13.7. The molecule has 0 aliphatic carbocycles. The molecule has 0 amide bonds. The van der Waals surface area contributed by atoms with Crippen LogP contribution in [-0.2, 0) is 0 Å². The first kappa shape index (κ1) is 16.3. The highest BCUT2D eigenvalue weighted by Crippen LogP contribution is 2.31. The highest BCUT2D eigenvalue weighted by atomic mass is 16.5. The number of benzene rings is 1. The molecule has 0 fully saturated rings. The fraction of sp³-hybridized carbons (Fsp3) is 0.389. The van der Waals surface area contributed by atoms with E-state index in [0.29, 0.717) is 0 Å². The molecule has 0 bridgehead atoms. The zero-order chi connectivity index (χ0) is 15.9. The van der Waals surface area contributed by atoms with Gasteiger partial charge in [0.2, 0.25) is 0 Å². The first-order valence-corrected chi connectivity index (χ1v) is 7.57. The van der Waals surface area contributed by atoms with E-state index in [0.717, 1.165) is 23.5 Å². The van der Waals surface area contributed by atoms with Crippen molar-refractivity contribution in [1.29, 1.82) is 0 Å². The zero-order valence-corrected chi connectivity index (χ0v) is 13.7. The molecule has 0 spiro atoms. The van der Waals surface area contributed by atoms with Crippen LogP contribution in [0.15, 0.2) is 42.7 Å². The highest BCUT2D eigenvalue weighted by molar-refractivity contribution is 5.42. The van der Waals surface area contributed by atoms with Gasteiger partial charge in [0.05, 0.1) is 14.2 Å². The summed E-state index contributed by atoms with van der Waals surface area (Å²) in [5, 5.41) is 3.66. The molecule has 1 heterocycles. The number of nitrogens with one attached hydrogen (secondary N) is 1. The lowest BCUT2D eigenvalue weighted by Crippen LogP contribution is -2.24. The highest BCUT2D eigenvalue weighted by Gasteiger charge is 2.17. The Bertz CT molecular complexity index is 587. The summed E-state index contributed by atoms with van der Waals surface area (Å²) in [7, 11) is 3.37. The van der Waals surface area contributed by atoms with E-state index in [4.69, 9.17) is 9.47 Å². The summed E-state index contributed by atoms with van der Waals surface area (Å²) in [6, 6.07) is 10.4. The number of hydrogen-bond acceptors (Lipinski definition) is 4. The van der Waals surface area contributed by atoms with Crippen molar-refractivity contribution in [2.75, 3.05) is 14.2 Å². The number of nitrogens with zero attached hydrogens (tertiary/aromatic N) is 1. The lowest BCUT2D eigenvalue weighted by Gasteiger charge is -2.24. The molecule has 118 valence electrons. The maximum Gasteiger partial charge on any atom is 0.123 e. The summed E-state index contributed by atoms with van der Waals surface area (Å²) in [6.07, 6.45) is 4.66. The summed E-state index contributed by atoms with van der Waals surface area (Å²) in [5.41, 5.74) is 2.33. The van der Waals surface area contributed by atoms with Gasteiger partial charge in [-0.25, -0.2) is 0 Å². The smallest absolute Gasteiger partial charge is 0.123 e. The summed E-state index contributed by atoms with van der Waals surface area (Å²) in [6.45, 7) is 4.31. The quantitative estimate of drug-likeness (QED) is 0.842. The fourth-order valence-corrected chi connectivity index (χ4v) is 2.61. The third-order valence-corrected chi connectivity index (χ3v) is 3.87. The monoisotopic (exact) mass is 300 g/mol. The van der Waals surface area contributed by atoms with Crippen LogP contribution in [0.3, 0.4) is 0 Å². The third-order valence-electron chi connectivity index (χ3n) is 3.87. The minimum atomic E-state index is 0.142. The molecular weight excluding hydrogens is 276 g/mol. The molecule has 4 nitrogen and oxygen atoms in total. The molecule has 0 saturated carbocycles. The Morgan fingerprint density at radius 2 is 1.82 bits per heavy atom. The van der Waals surface area contributed by atoms with E-state index >= 15 is 0 Å². The first-order chi connectivity index (χ1) is 10.7. The van der Waals surface area contributed by atoms with Gasteiger partial charge in [0, 0.05) is 30.0 Å². The normalized spacial score (nSPS) is 13.5. The van der Waals surface area contributed by atoms with Crippen LogP contribution in [0.5, 0.6) is 11.5 Å². The molecule has 4 heteroatoms. The van der Waals surface area contributed by atoms with Crippen molar-refractivity contribution in [1.82, 2.24) is 10.3 Å². The van der Waals surface area contributed by atoms with Gasteiger partial charge in [-0.1, -0.05) is 6.92 Å². The summed E-state index contributed by atoms with van der Waals surface area (Å²) in [4.78, 5) is 4.09. The van der Waals surface area contributed by atoms with Gasteiger partial charge in [0.1, 0.15) is 11.5 Å². The van der Waals surface area contributed by atoms with Crippen molar-refractivity contribution >= 4 is 0 Å². The molecule has 1 aromatic heterocycles. The summed E-state index contributed by atoms with van der Waals surface area (Å²) >= 11 is 0. The number of pyridine rings is 1. The number of methoxy groups -OCH3 is 2. The van der Waals surface area contributed by atoms with Crippen LogP contribution in [0.1, 0.15) is 43.5 Å². The molecule has 1 N–H and O–H groups in total. The minimum Gasteiger partial charge on any atom is -0.497 e. The van der Waals surface area contributed by atoms with E-state index in [2.05, 4.69) is 36.3 Å². The Morgan fingerprint density at radius 1 is 1.09 bits per heavy atom. The van der Waals surface area contributed by atoms with E-state index in [9.17, 15) is 0 Å². The topological polar surface area (TPSA) is 43.4 Å². The van der Waals surface area contributed by atoms with Crippen molar-refractivity contribution < 1.29 is 9.47 Å². The molecule has 2 unspecified atom stereocenters. The van der Waals surface area contributed by atoms with Gasteiger partial charge < -0.3 is 14.8 Å². The second-order valence-corrected chi connectivity index (χ2v) is 5.24. The van der Waals surface area contributed by atoms with Crippen molar-refractivity contribution in [2.45, 2.75) is 32.4 Å². The summed E-state index contributed by atoms with van der Waals surface area (Å²) in [5.74, 6) is 1.70. The number of hydrogen-bond donors (Lipinski definition) is 1. The van der Waals surface area contributed by atoms with E-state index < -0.39 is 0 Å². The Hall–Kier alpha value is -2.07. The number of rotatable bonds is 7. The van der Waals surface area contributed by atoms with Crippen LogP contribution in [0.25, 0.3) is 0 Å². The SMILES string of the molecule is CCC(NC(C)c1cc(OC)ccc1OC)c1ccncc1. The predicted molar refractivity (Wildman–Crippen MR) is 88.4 cm³/mol. The van der Waals surface area contributed by atoms with Gasteiger partial charge in [0.25, 0.3) is 0 Å². The van der Waals surface area contributed by atoms with Gasteiger partial charge in [-0.2, -0.15) is 0 Å². The largest absolute Gasteiger partial charge is 0.497 e. The molecule has 2 aromatic rings. The fourth-order valence-electron chi connectivity index (χ4n) is 2.61. The van der Waals surface area contributed by atoms with Crippen LogP contribution < -0.4 is 14.8 Å². The minimum absolute atomic E-state index is 0.142.